The molecule has 0 radical (unpaired) electrons. The molecule has 1 aromatic rings. The molecule has 0 aromatic heterocycles. The van der Waals surface area contributed by atoms with Gasteiger partial charge in [0.15, 0.2) is 5.96 Å². The van der Waals surface area contributed by atoms with E-state index in [1.54, 1.807) is 20.0 Å². The molecule has 0 amide bonds. The van der Waals surface area contributed by atoms with Crippen molar-refractivity contribution in [2.24, 2.45) is 10.4 Å². The van der Waals surface area contributed by atoms with Gasteiger partial charge in [0.1, 0.15) is 5.82 Å². The second-order valence-electron chi connectivity index (χ2n) is 6.46. The fourth-order valence-corrected chi connectivity index (χ4v) is 3.35. The first kappa shape index (κ1) is 15.3. The minimum Gasteiger partial charge on any atom is -0.381 e. The first-order valence-corrected chi connectivity index (χ1v) is 7.90. The topological polar surface area (TPSA) is 36.9 Å². The summed E-state index contributed by atoms with van der Waals surface area (Å²) < 4.78 is 19.2. The number of aryl methyl sites for hydroxylation is 1. The predicted molar refractivity (Wildman–Crippen MR) is 85.4 cm³/mol. The maximum absolute atomic E-state index is 13.6. The highest BCUT2D eigenvalue weighted by molar-refractivity contribution is 5.80. The van der Waals surface area contributed by atoms with Crippen LogP contribution in [0, 0.1) is 18.2 Å². The minimum absolute atomic E-state index is 0.155. The second-order valence-corrected chi connectivity index (χ2v) is 6.46. The number of guanidine groups is 1. The third-order valence-electron chi connectivity index (χ3n) is 4.82. The Bertz CT molecular complexity index is 567. The Morgan fingerprint density at radius 1 is 1.45 bits per heavy atom. The maximum atomic E-state index is 13.6. The monoisotopic (exact) mass is 305 g/mol. The van der Waals surface area contributed by atoms with Gasteiger partial charge in [0.25, 0.3) is 0 Å². The Hall–Kier alpha value is -1.62. The van der Waals surface area contributed by atoms with Crippen molar-refractivity contribution in [1.82, 2.24) is 10.2 Å². The van der Waals surface area contributed by atoms with E-state index in [0.29, 0.717) is 17.5 Å². The molecule has 22 heavy (non-hydrogen) atoms. The number of halogens is 1. The van der Waals surface area contributed by atoms with Crippen LogP contribution < -0.4 is 5.32 Å². The Labute approximate surface area is 131 Å². The molecule has 2 saturated heterocycles. The van der Waals surface area contributed by atoms with E-state index in [1.807, 2.05) is 12.1 Å². The number of nitrogens with zero attached hydrogens (tertiary/aromatic N) is 2. The van der Waals surface area contributed by atoms with Crippen molar-refractivity contribution in [3.63, 3.8) is 0 Å². The number of aliphatic imine (C=N–C) groups is 1. The van der Waals surface area contributed by atoms with E-state index in [4.69, 9.17) is 4.74 Å². The molecule has 1 spiro atoms. The SMILES string of the molecule is CN=C(NCc1ccc(C)c(F)c1)N1CCC2(CCOC2)C1. The van der Waals surface area contributed by atoms with Crippen LogP contribution in [0.15, 0.2) is 23.2 Å². The number of hydrogen-bond donors (Lipinski definition) is 1. The van der Waals surface area contributed by atoms with Gasteiger partial charge in [-0.05, 0) is 37.0 Å². The van der Waals surface area contributed by atoms with Crippen LogP contribution in [0.2, 0.25) is 0 Å². The summed E-state index contributed by atoms with van der Waals surface area (Å²) in [5.74, 6) is 0.738. The van der Waals surface area contributed by atoms with Crippen LogP contribution in [0.1, 0.15) is 24.0 Å². The number of benzene rings is 1. The summed E-state index contributed by atoms with van der Waals surface area (Å²) in [5, 5.41) is 3.35. The normalized spacial score (nSPS) is 25.2. The Balaban J connectivity index is 1.59. The molecule has 0 aliphatic carbocycles. The van der Waals surface area contributed by atoms with Crippen LogP contribution in [0.5, 0.6) is 0 Å². The van der Waals surface area contributed by atoms with Crippen molar-refractivity contribution >= 4 is 5.96 Å². The van der Waals surface area contributed by atoms with Gasteiger partial charge < -0.3 is 15.0 Å². The zero-order chi connectivity index (χ0) is 15.6. The quantitative estimate of drug-likeness (QED) is 0.673. The third-order valence-corrected chi connectivity index (χ3v) is 4.82. The molecule has 5 heteroatoms. The Morgan fingerprint density at radius 3 is 3.00 bits per heavy atom. The zero-order valence-corrected chi connectivity index (χ0v) is 13.4. The van der Waals surface area contributed by atoms with Gasteiger partial charge in [0, 0.05) is 38.7 Å². The summed E-state index contributed by atoms with van der Waals surface area (Å²) in [6.45, 7) is 6.11. The fourth-order valence-electron chi connectivity index (χ4n) is 3.35. The molecule has 1 atom stereocenters. The summed E-state index contributed by atoms with van der Waals surface area (Å²) >= 11 is 0. The van der Waals surface area contributed by atoms with Crippen LogP contribution in [0.4, 0.5) is 4.39 Å². The van der Waals surface area contributed by atoms with Crippen molar-refractivity contribution in [1.29, 1.82) is 0 Å². The van der Waals surface area contributed by atoms with Gasteiger partial charge in [-0.3, -0.25) is 4.99 Å². The van der Waals surface area contributed by atoms with E-state index in [1.165, 1.54) is 0 Å². The molecule has 0 bridgehead atoms. The molecule has 1 unspecified atom stereocenters. The smallest absolute Gasteiger partial charge is 0.193 e. The van der Waals surface area contributed by atoms with Gasteiger partial charge in [0.2, 0.25) is 0 Å². The highest BCUT2D eigenvalue weighted by Gasteiger charge is 2.42. The van der Waals surface area contributed by atoms with E-state index in [2.05, 4.69) is 15.2 Å². The molecule has 0 saturated carbocycles. The van der Waals surface area contributed by atoms with Crippen LogP contribution in [0.25, 0.3) is 0 Å². The first-order chi connectivity index (χ1) is 10.6. The average Bonchev–Trinajstić information content (AvgIpc) is 3.14. The summed E-state index contributed by atoms with van der Waals surface area (Å²) in [5.41, 5.74) is 1.92. The van der Waals surface area contributed by atoms with Crippen LogP contribution >= 0.6 is 0 Å². The Kier molecular flexibility index (Phi) is 4.34. The lowest BCUT2D eigenvalue weighted by Crippen LogP contribution is -2.41. The lowest BCUT2D eigenvalue weighted by molar-refractivity contribution is 0.156. The summed E-state index contributed by atoms with van der Waals surface area (Å²) in [7, 11) is 1.80. The van der Waals surface area contributed by atoms with Crippen molar-refractivity contribution in [2.75, 3.05) is 33.4 Å². The summed E-state index contributed by atoms with van der Waals surface area (Å²) in [4.78, 5) is 6.67. The van der Waals surface area contributed by atoms with Gasteiger partial charge in [-0.2, -0.15) is 0 Å². The molecule has 2 fully saturated rings. The highest BCUT2D eigenvalue weighted by atomic mass is 19.1. The summed E-state index contributed by atoms with van der Waals surface area (Å²) in [6.07, 6.45) is 2.30. The van der Waals surface area contributed by atoms with E-state index in [0.717, 1.165) is 50.7 Å². The lowest BCUT2D eigenvalue weighted by Gasteiger charge is -2.25. The second kappa shape index (κ2) is 6.24. The maximum Gasteiger partial charge on any atom is 0.193 e. The largest absolute Gasteiger partial charge is 0.381 e. The van der Waals surface area contributed by atoms with E-state index in [9.17, 15) is 4.39 Å². The van der Waals surface area contributed by atoms with Crippen LogP contribution in [-0.2, 0) is 11.3 Å². The third kappa shape index (κ3) is 3.09. The number of rotatable bonds is 2. The zero-order valence-electron chi connectivity index (χ0n) is 13.4. The van der Waals surface area contributed by atoms with Gasteiger partial charge in [-0.25, -0.2) is 4.39 Å². The molecular weight excluding hydrogens is 281 g/mol. The van der Waals surface area contributed by atoms with Gasteiger partial charge in [-0.1, -0.05) is 12.1 Å². The Morgan fingerprint density at radius 2 is 2.32 bits per heavy atom. The summed E-state index contributed by atoms with van der Waals surface area (Å²) in [6, 6.07) is 5.36. The molecule has 4 nitrogen and oxygen atoms in total. The van der Waals surface area contributed by atoms with Crippen molar-refractivity contribution < 1.29 is 9.13 Å². The highest BCUT2D eigenvalue weighted by Crippen LogP contribution is 2.38. The van der Waals surface area contributed by atoms with E-state index >= 15 is 0 Å². The van der Waals surface area contributed by atoms with Crippen LogP contribution in [0.3, 0.4) is 0 Å². The van der Waals surface area contributed by atoms with Crippen molar-refractivity contribution in [2.45, 2.75) is 26.3 Å². The molecular formula is C17H24FN3O. The molecule has 1 N–H and O–H groups in total. The fraction of sp³-hybridized carbons (Fsp3) is 0.588. The molecule has 2 heterocycles. The van der Waals surface area contributed by atoms with Gasteiger partial charge in [0.05, 0.1) is 6.61 Å². The van der Waals surface area contributed by atoms with E-state index < -0.39 is 0 Å². The lowest BCUT2D eigenvalue weighted by atomic mass is 9.87. The first-order valence-electron chi connectivity index (χ1n) is 7.90. The van der Waals surface area contributed by atoms with Crippen molar-refractivity contribution in [3.8, 4) is 0 Å². The molecule has 3 rings (SSSR count). The standard InChI is InChI=1S/C17H24FN3O/c1-13-3-4-14(9-15(13)18)10-20-16(19-2)21-7-5-17(11-21)6-8-22-12-17/h3-4,9H,5-8,10-12H2,1-2H3,(H,19,20). The van der Waals surface area contributed by atoms with Crippen molar-refractivity contribution in [3.05, 3.63) is 35.1 Å². The molecule has 2 aliphatic rings. The molecule has 120 valence electrons. The van der Waals surface area contributed by atoms with Crippen LogP contribution in [-0.4, -0.2) is 44.2 Å². The molecule has 2 aliphatic heterocycles. The number of ether oxygens (including phenoxy) is 1. The van der Waals surface area contributed by atoms with Gasteiger partial charge in [-0.15, -0.1) is 0 Å². The van der Waals surface area contributed by atoms with E-state index in [-0.39, 0.29) is 5.82 Å². The number of likely N-dealkylation sites (tertiary alicyclic amines) is 1. The molecule has 1 aromatic carbocycles. The average molecular weight is 305 g/mol. The number of hydrogen-bond acceptors (Lipinski definition) is 2. The van der Waals surface area contributed by atoms with Gasteiger partial charge >= 0.3 is 0 Å². The minimum atomic E-state index is -0.155. The number of nitrogens with one attached hydrogen (secondary N) is 1. The predicted octanol–water partition coefficient (Wildman–Crippen LogP) is 2.32.